The Morgan fingerprint density at radius 2 is 1.96 bits per heavy atom. The third kappa shape index (κ3) is 4.01. The number of likely N-dealkylation sites (N-methyl/N-ethyl adjacent to an activating group) is 1. The van der Waals surface area contributed by atoms with Crippen molar-refractivity contribution in [1.29, 1.82) is 0 Å². The number of rotatable bonds is 5. The van der Waals surface area contributed by atoms with Gasteiger partial charge in [0.2, 0.25) is 0 Å². The molecular weight excluding hydrogens is 302 g/mol. The predicted molar refractivity (Wildman–Crippen MR) is 93.7 cm³/mol. The molecule has 2 heterocycles. The summed E-state index contributed by atoms with van der Waals surface area (Å²) in [5.41, 5.74) is 3.00. The molecule has 0 aliphatic carbocycles. The Kier molecular flexibility index (Phi) is 5.27. The number of nitrogens with zero attached hydrogens (tertiary/aromatic N) is 3. The minimum absolute atomic E-state index is 0.133. The average molecular weight is 327 g/mol. The molecule has 0 radical (unpaired) electrons. The fourth-order valence-corrected chi connectivity index (χ4v) is 2.84. The minimum atomic E-state index is 0.133. The van der Waals surface area contributed by atoms with Crippen molar-refractivity contribution in [2.75, 3.05) is 33.2 Å². The number of hydrogen-bond acceptors (Lipinski definition) is 4. The predicted octanol–water partition coefficient (Wildman–Crippen LogP) is 1.65. The molecule has 1 amide bonds. The Hall–Kier alpha value is -2.18. The minimum Gasteiger partial charge on any atom is -0.347 e. The summed E-state index contributed by atoms with van der Waals surface area (Å²) >= 11 is 0. The van der Waals surface area contributed by atoms with E-state index in [0.29, 0.717) is 0 Å². The van der Waals surface area contributed by atoms with Gasteiger partial charge in [0.25, 0.3) is 5.91 Å². The number of H-pyrrole nitrogens is 1. The molecule has 6 nitrogen and oxygen atoms in total. The van der Waals surface area contributed by atoms with E-state index in [2.05, 4.69) is 34.2 Å². The number of nitrogens with one attached hydrogen (secondary N) is 2. The molecule has 1 atom stereocenters. The molecule has 3 rings (SSSR count). The monoisotopic (exact) mass is 327 g/mol. The first-order valence-corrected chi connectivity index (χ1v) is 8.42. The summed E-state index contributed by atoms with van der Waals surface area (Å²) < 4.78 is 0. The Balaban J connectivity index is 1.54. The lowest BCUT2D eigenvalue weighted by Crippen LogP contribution is -2.47. The van der Waals surface area contributed by atoms with Crippen molar-refractivity contribution in [2.45, 2.75) is 19.5 Å². The molecule has 1 saturated heterocycles. The highest BCUT2D eigenvalue weighted by molar-refractivity contribution is 5.94. The summed E-state index contributed by atoms with van der Waals surface area (Å²) in [6.07, 6.45) is 3.52. The van der Waals surface area contributed by atoms with Gasteiger partial charge in [-0.05, 0) is 31.7 Å². The van der Waals surface area contributed by atoms with Crippen molar-refractivity contribution in [3.63, 3.8) is 0 Å². The summed E-state index contributed by atoms with van der Waals surface area (Å²) in [6.45, 7) is 6.35. The molecule has 1 aliphatic heterocycles. The summed E-state index contributed by atoms with van der Waals surface area (Å²) in [7, 11) is 2.09. The molecule has 0 bridgehead atoms. The van der Waals surface area contributed by atoms with Gasteiger partial charge in [0.05, 0.1) is 12.0 Å². The number of imidazole rings is 1. The molecule has 1 aromatic carbocycles. The van der Waals surface area contributed by atoms with E-state index in [1.54, 1.807) is 6.33 Å². The number of hydrogen-bond donors (Lipinski definition) is 2. The van der Waals surface area contributed by atoms with Crippen LogP contribution in [0.3, 0.4) is 0 Å². The normalized spacial score (nSPS) is 17.0. The largest absolute Gasteiger partial charge is 0.347 e. The van der Waals surface area contributed by atoms with Crippen molar-refractivity contribution in [3.05, 3.63) is 53.6 Å². The molecule has 1 unspecified atom stereocenters. The molecule has 0 spiro atoms. The second-order valence-corrected chi connectivity index (χ2v) is 6.40. The van der Waals surface area contributed by atoms with E-state index in [1.807, 2.05) is 35.4 Å². The van der Waals surface area contributed by atoms with Crippen LogP contribution in [0.5, 0.6) is 0 Å². The van der Waals surface area contributed by atoms with Gasteiger partial charge in [0, 0.05) is 50.5 Å². The average Bonchev–Trinajstić information content (AvgIpc) is 3.15. The van der Waals surface area contributed by atoms with E-state index in [4.69, 9.17) is 0 Å². The van der Waals surface area contributed by atoms with E-state index in [-0.39, 0.29) is 11.9 Å². The molecule has 2 aromatic rings. The third-order valence-corrected chi connectivity index (χ3v) is 4.59. The van der Waals surface area contributed by atoms with Crippen LogP contribution in [0, 0.1) is 0 Å². The second kappa shape index (κ2) is 7.59. The topological polar surface area (TPSA) is 64.3 Å². The first kappa shape index (κ1) is 16.7. The maximum Gasteiger partial charge on any atom is 0.253 e. The summed E-state index contributed by atoms with van der Waals surface area (Å²) in [4.78, 5) is 23.9. The van der Waals surface area contributed by atoms with Crippen molar-refractivity contribution < 1.29 is 4.79 Å². The zero-order valence-corrected chi connectivity index (χ0v) is 14.3. The van der Waals surface area contributed by atoms with Gasteiger partial charge < -0.3 is 20.1 Å². The van der Waals surface area contributed by atoms with E-state index in [1.165, 1.54) is 0 Å². The zero-order chi connectivity index (χ0) is 16.9. The standard InChI is InChI=1S/C18H25N5O/c1-14(17-12-19-13-21-17)20-11-15-3-5-16(6-4-15)18(24)23-9-7-22(2)8-10-23/h3-6,12-14,20H,7-11H2,1-2H3,(H,19,21). The van der Waals surface area contributed by atoms with Crippen LogP contribution in [0.1, 0.15) is 34.6 Å². The van der Waals surface area contributed by atoms with Crippen LogP contribution in [0.15, 0.2) is 36.8 Å². The second-order valence-electron chi connectivity index (χ2n) is 6.40. The van der Waals surface area contributed by atoms with Crippen LogP contribution < -0.4 is 5.32 Å². The van der Waals surface area contributed by atoms with Gasteiger partial charge in [-0.3, -0.25) is 4.79 Å². The fourth-order valence-electron chi connectivity index (χ4n) is 2.84. The van der Waals surface area contributed by atoms with Crippen LogP contribution >= 0.6 is 0 Å². The molecular formula is C18H25N5O. The van der Waals surface area contributed by atoms with Gasteiger partial charge in [-0.2, -0.15) is 0 Å². The Morgan fingerprint density at radius 1 is 1.25 bits per heavy atom. The smallest absolute Gasteiger partial charge is 0.253 e. The molecule has 24 heavy (non-hydrogen) atoms. The number of benzene rings is 1. The first-order valence-electron chi connectivity index (χ1n) is 8.42. The molecule has 1 aliphatic rings. The van der Waals surface area contributed by atoms with Crippen LogP contribution in [0.2, 0.25) is 0 Å². The Bertz CT molecular complexity index is 645. The highest BCUT2D eigenvalue weighted by Gasteiger charge is 2.20. The highest BCUT2D eigenvalue weighted by atomic mass is 16.2. The summed E-state index contributed by atoms with van der Waals surface area (Å²) in [6, 6.07) is 8.11. The fraction of sp³-hybridized carbons (Fsp3) is 0.444. The maximum atomic E-state index is 12.5. The van der Waals surface area contributed by atoms with E-state index < -0.39 is 0 Å². The maximum absolute atomic E-state index is 12.5. The van der Waals surface area contributed by atoms with Gasteiger partial charge in [0.1, 0.15) is 0 Å². The summed E-state index contributed by atoms with van der Waals surface area (Å²) in [5, 5.41) is 3.45. The zero-order valence-electron chi connectivity index (χ0n) is 14.3. The quantitative estimate of drug-likeness (QED) is 0.876. The molecule has 2 N–H and O–H groups in total. The number of amides is 1. The van der Waals surface area contributed by atoms with E-state index >= 15 is 0 Å². The van der Waals surface area contributed by atoms with Gasteiger partial charge >= 0.3 is 0 Å². The van der Waals surface area contributed by atoms with Crippen molar-refractivity contribution >= 4 is 5.91 Å². The molecule has 1 fully saturated rings. The number of aromatic nitrogens is 2. The SMILES string of the molecule is CC(NCc1ccc(C(=O)N2CCN(C)CC2)cc1)c1cnc[nH]1. The van der Waals surface area contributed by atoms with Gasteiger partial charge in [-0.15, -0.1) is 0 Å². The summed E-state index contributed by atoms with van der Waals surface area (Å²) in [5.74, 6) is 0.133. The van der Waals surface area contributed by atoms with Gasteiger partial charge in [-0.25, -0.2) is 4.98 Å². The number of carbonyl (C=O) groups excluding carboxylic acids is 1. The first-order chi connectivity index (χ1) is 11.6. The van der Waals surface area contributed by atoms with E-state index in [9.17, 15) is 4.79 Å². The van der Waals surface area contributed by atoms with Crippen molar-refractivity contribution in [2.24, 2.45) is 0 Å². The van der Waals surface area contributed by atoms with Crippen LogP contribution in [-0.2, 0) is 6.54 Å². The van der Waals surface area contributed by atoms with E-state index in [0.717, 1.165) is 49.5 Å². The molecule has 128 valence electrons. The van der Waals surface area contributed by atoms with Gasteiger partial charge in [-0.1, -0.05) is 12.1 Å². The molecule has 6 heteroatoms. The van der Waals surface area contributed by atoms with Gasteiger partial charge in [0.15, 0.2) is 0 Å². The Morgan fingerprint density at radius 3 is 2.58 bits per heavy atom. The number of aromatic amines is 1. The van der Waals surface area contributed by atoms with Crippen LogP contribution in [-0.4, -0.2) is 58.9 Å². The number of piperazine rings is 1. The van der Waals surface area contributed by atoms with Crippen molar-refractivity contribution in [3.8, 4) is 0 Å². The highest BCUT2D eigenvalue weighted by Crippen LogP contribution is 2.12. The van der Waals surface area contributed by atoms with Crippen LogP contribution in [0.4, 0.5) is 0 Å². The third-order valence-electron chi connectivity index (χ3n) is 4.59. The Labute approximate surface area is 142 Å². The molecule has 1 aromatic heterocycles. The van der Waals surface area contributed by atoms with Crippen LogP contribution in [0.25, 0.3) is 0 Å². The molecule has 0 saturated carbocycles. The van der Waals surface area contributed by atoms with Crippen molar-refractivity contribution in [1.82, 2.24) is 25.1 Å². The number of carbonyl (C=O) groups is 1. The lowest BCUT2D eigenvalue weighted by atomic mass is 10.1. The lowest BCUT2D eigenvalue weighted by molar-refractivity contribution is 0.0664. The lowest BCUT2D eigenvalue weighted by Gasteiger charge is -2.32.